The van der Waals surface area contributed by atoms with Gasteiger partial charge in [-0.25, -0.2) is 0 Å². The van der Waals surface area contributed by atoms with E-state index in [2.05, 4.69) is 89.7 Å². The molecule has 0 spiro atoms. The van der Waals surface area contributed by atoms with Gasteiger partial charge in [-0.05, 0) is 51.6 Å². The van der Waals surface area contributed by atoms with Gasteiger partial charge in [0.15, 0.2) is 0 Å². The summed E-state index contributed by atoms with van der Waals surface area (Å²) in [6, 6.07) is 8.56. The molecule has 0 amide bonds. The normalized spacial score (nSPS) is 15.3. The van der Waals surface area contributed by atoms with Gasteiger partial charge in [0.2, 0.25) is 0 Å². The number of fused-ring (bicyclic) bond motifs is 6. The molecule has 4 aromatic rings. The van der Waals surface area contributed by atoms with Crippen LogP contribution in [0.1, 0.15) is 56.9 Å². The van der Waals surface area contributed by atoms with E-state index >= 15 is 0 Å². The highest BCUT2D eigenvalue weighted by Gasteiger charge is 2.47. The van der Waals surface area contributed by atoms with Crippen LogP contribution in [0.15, 0.2) is 24.3 Å². The molecule has 2 heterocycles. The number of nitrogens with one attached hydrogen (secondary N) is 2. The molecular formula is C21H23N6. The van der Waals surface area contributed by atoms with Crippen molar-refractivity contribution < 1.29 is 0 Å². The van der Waals surface area contributed by atoms with Gasteiger partial charge in [0, 0.05) is 5.92 Å². The number of hydrogen-bond donors (Lipinski definition) is 2. The van der Waals surface area contributed by atoms with Crippen LogP contribution in [0.25, 0.3) is 22.1 Å². The quantitative estimate of drug-likeness (QED) is 0.534. The van der Waals surface area contributed by atoms with Gasteiger partial charge in [0.1, 0.15) is 11.0 Å². The molecular weight excluding hydrogens is 336 g/mol. The molecule has 0 fully saturated rings. The van der Waals surface area contributed by atoms with Gasteiger partial charge in [-0.1, -0.05) is 57.2 Å². The second-order valence-electron chi connectivity index (χ2n) is 9.04. The zero-order valence-corrected chi connectivity index (χ0v) is 16.3. The van der Waals surface area contributed by atoms with Crippen LogP contribution in [0.4, 0.5) is 0 Å². The summed E-state index contributed by atoms with van der Waals surface area (Å²) in [4.78, 5) is 0. The standard InChI is InChI=1S/C21H23N6/c1-20(2,3)21(4,5)17-15-11(6-8-13-18(15)24-26-22-13)10-12-7-9-14-19(16(12)17)25-27-23-14/h6-9H,10H2,1-5H3,(H,22,24,26)(H,23,25,27). The SMILES string of the molecule is CC(C)(C)C(C)(C)[C]1c2c(ccc3[nH]nnc23)Cc2ccc3[nH]nnc3c21. The highest BCUT2D eigenvalue weighted by atomic mass is 15.3. The number of H-pyrrole nitrogens is 2. The molecule has 0 unspecified atom stereocenters. The van der Waals surface area contributed by atoms with Crippen LogP contribution in [-0.4, -0.2) is 30.8 Å². The van der Waals surface area contributed by atoms with Crippen LogP contribution in [0, 0.1) is 16.7 Å². The van der Waals surface area contributed by atoms with Gasteiger partial charge in [-0.2, -0.15) is 0 Å². The molecule has 27 heavy (non-hydrogen) atoms. The first-order valence-electron chi connectivity index (χ1n) is 9.32. The predicted octanol–water partition coefficient (Wildman–Crippen LogP) is 4.18. The third-order valence-corrected chi connectivity index (χ3v) is 6.55. The smallest absolute Gasteiger partial charge is 0.117 e. The van der Waals surface area contributed by atoms with Crippen molar-refractivity contribution in [2.75, 3.05) is 0 Å². The fraction of sp³-hybridized carbons (Fsp3) is 0.381. The fourth-order valence-corrected chi connectivity index (χ4v) is 4.09. The van der Waals surface area contributed by atoms with Crippen molar-refractivity contribution in [2.45, 2.75) is 41.0 Å². The van der Waals surface area contributed by atoms with E-state index in [1.807, 2.05) is 0 Å². The maximum atomic E-state index is 4.45. The van der Waals surface area contributed by atoms with Crippen molar-refractivity contribution in [3.8, 4) is 0 Å². The van der Waals surface area contributed by atoms with E-state index in [0.717, 1.165) is 28.5 Å². The van der Waals surface area contributed by atoms with Crippen molar-refractivity contribution in [3.05, 3.63) is 52.4 Å². The molecule has 5 rings (SSSR count). The largest absolute Gasteiger partial charge is 0.258 e. The second kappa shape index (κ2) is 5.15. The van der Waals surface area contributed by atoms with Crippen LogP contribution in [0.2, 0.25) is 0 Å². The molecule has 0 bridgehead atoms. The molecule has 0 saturated carbocycles. The predicted molar refractivity (Wildman–Crippen MR) is 105 cm³/mol. The van der Waals surface area contributed by atoms with E-state index in [9.17, 15) is 0 Å². The molecule has 2 N–H and O–H groups in total. The minimum absolute atomic E-state index is 0.0337. The Hall–Kier alpha value is -2.76. The van der Waals surface area contributed by atoms with E-state index in [-0.39, 0.29) is 10.8 Å². The molecule has 1 radical (unpaired) electrons. The topological polar surface area (TPSA) is 83.1 Å². The summed E-state index contributed by atoms with van der Waals surface area (Å²) < 4.78 is 0. The van der Waals surface area contributed by atoms with E-state index in [1.54, 1.807) is 0 Å². The molecule has 0 atom stereocenters. The Labute approximate surface area is 157 Å². The Balaban J connectivity index is 1.92. The third-order valence-electron chi connectivity index (χ3n) is 6.55. The Morgan fingerprint density at radius 3 is 1.67 bits per heavy atom. The van der Waals surface area contributed by atoms with Crippen LogP contribution in [0.5, 0.6) is 0 Å². The Morgan fingerprint density at radius 2 is 1.22 bits per heavy atom. The molecule has 137 valence electrons. The van der Waals surface area contributed by atoms with E-state index in [1.165, 1.54) is 28.2 Å². The average Bonchev–Trinajstić information content (AvgIpc) is 3.27. The van der Waals surface area contributed by atoms with Crippen LogP contribution >= 0.6 is 0 Å². The van der Waals surface area contributed by atoms with Crippen molar-refractivity contribution in [1.82, 2.24) is 30.8 Å². The van der Waals surface area contributed by atoms with Crippen LogP contribution < -0.4 is 0 Å². The molecule has 2 aromatic carbocycles. The van der Waals surface area contributed by atoms with Gasteiger partial charge in [-0.15, -0.1) is 10.2 Å². The zero-order valence-electron chi connectivity index (χ0n) is 16.3. The second-order valence-corrected chi connectivity index (χ2v) is 9.04. The molecule has 1 aliphatic carbocycles. The monoisotopic (exact) mass is 359 g/mol. The van der Waals surface area contributed by atoms with Crippen molar-refractivity contribution in [3.63, 3.8) is 0 Å². The average molecular weight is 359 g/mol. The molecule has 0 aliphatic heterocycles. The van der Waals surface area contributed by atoms with Crippen LogP contribution in [-0.2, 0) is 6.42 Å². The van der Waals surface area contributed by atoms with Gasteiger partial charge < -0.3 is 0 Å². The summed E-state index contributed by atoms with van der Waals surface area (Å²) in [6.45, 7) is 11.5. The minimum Gasteiger partial charge on any atom is -0.258 e. The minimum atomic E-state index is -0.128. The number of nitrogens with zero attached hydrogens (tertiary/aromatic N) is 4. The van der Waals surface area contributed by atoms with Crippen molar-refractivity contribution >= 4 is 22.1 Å². The lowest BCUT2D eigenvalue weighted by Crippen LogP contribution is -2.39. The first-order valence-corrected chi connectivity index (χ1v) is 9.32. The number of aromatic nitrogens is 6. The van der Waals surface area contributed by atoms with Gasteiger partial charge in [0.25, 0.3) is 0 Å². The first-order chi connectivity index (χ1) is 12.8. The zero-order chi connectivity index (χ0) is 19.0. The Morgan fingerprint density at radius 1 is 0.741 bits per heavy atom. The lowest BCUT2D eigenvalue weighted by molar-refractivity contribution is 0.159. The Bertz CT molecular complexity index is 1090. The fourth-order valence-electron chi connectivity index (χ4n) is 4.09. The van der Waals surface area contributed by atoms with E-state index in [4.69, 9.17) is 0 Å². The maximum absolute atomic E-state index is 4.45. The Kier molecular flexibility index (Phi) is 3.13. The van der Waals surface area contributed by atoms with Crippen molar-refractivity contribution in [2.24, 2.45) is 10.8 Å². The highest BCUT2D eigenvalue weighted by Crippen LogP contribution is 2.56. The summed E-state index contributed by atoms with van der Waals surface area (Å²) >= 11 is 0. The molecule has 2 aromatic heterocycles. The molecule has 0 saturated heterocycles. The first kappa shape index (κ1) is 16.4. The summed E-state index contributed by atoms with van der Waals surface area (Å²) in [5.41, 5.74) is 8.69. The molecule has 1 aliphatic rings. The molecule has 6 nitrogen and oxygen atoms in total. The summed E-state index contributed by atoms with van der Waals surface area (Å²) in [5, 5.41) is 23.1. The molecule has 6 heteroatoms. The van der Waals surface area contributed by atoms with Crippen molar-refractivity contribution in [1.29, 1.82) is 0 Å². The van der Waals surface area contributed by atoms with Gasteiger partial charge >= 0.3 is 0 Å². The van der Waals surface area contributed by atoms with E-state index in [0.29, 0.717) is 0 Å². The number of rotatable bonds is 1. The lowest BCUT2D eigenvalue weighted by Gasteiger charge is -2.47. The van der Waals surface area contributed by atoms with E-state index < -0.39 is 0 Å². The highest BCUT2D eigenvalue weighted by molar-refractivity contribution is 5.90. The van der Waals surface area contributed by atoms with Gasteiger partial charge in [-0.3, -0.25) is 10.2 Å². The summed E-state index contributed by atoms with van der Waals surface area (Å²) in [5.74, 6) is 1.28. The maximum Gasteiger partial charge on any atom is 0.117 e. The van der Waals surface area contributed by atoms with Crippen LogP contribution in [0.3, 0.4) is 0 Å². The number of aromatic amines is 2. The number of hydrogen-bond acceptors (Lipinski definition) is 4. The number of benzene rings is 2. The summed E-state index contributed by atoms with van der Waals surface area (Å²) in [6.07, 6.45) is 0.861. The third kappa shape index (κ3) is 2.13. The lowest BCUT2D eigenvalue weighted by atomic mass is 9.56. The summed E-state index contributed by atoms with van der Waals surface area (Å²) in [7, 11) is 0. The van der Waals surface area contributed by atoms with Gasteiger partial charge in [0.05, 0.1) is 11.0 Å².